The van der Waals surface area contributed by atoms with Gasteiger partial charge in [-0.15, -0.1) is 0 Å². The van der Waals surface area contributed by atoms with Gasteiger partial charge in [0.05, 0.1) is 5.56 Å². The van der Waals surface area contributed by atoms with Crippen molar-refractivity contribution in [3.05, 3.63) is 47.5 Å². The largest absolute Gasteiger partial charge is 0.415 e. The minimum atomic E-state index is -3.62. The number of carbonyl (C=O) groups is 1. The summed E-state index contributed by atoms with van der Waals surface area (Å²) < 4.78 is 28.1. The summed E-state index contributed by atoms with van der Waals surface area (Å²) in [6.45, 7) is 2.22. The van der Waals surface area contributed by atoms with E-state index in [0.29, 0.717) is 12.0 Å². The summed E-state index contributed by atoms with van der Waals surface area (Å²) in [6.07, 6.45) is 11.9. The number of carbonyl (C=O) groups excluding carboxylic acids is 1. The summed E-state index contributed by atoms with van der Waals surface area (Å²) in [4.78, 5) is 12.3. The van der Waals surface area contributed by atoms with Crippen molar-refractivity contribution in [2.24, 2.45) is 0 Å². The average molecular weight is 396 g/mol. The normalized spacial score (nSPS) is 12.2. The van der Waals surface area contributed by atoms with Crippen LogP contribution in [0.15, 0.2) is 41.9 Å². The molecule has 0 unspecified atom stereocenters. The van der Waals surface area contributed by atoms with E-state index in [4.69, 9.17) is 13.8 Å². The van der Waals surface area contributed by atoms with Gasteiger partial charge in [0, 0.05) is 14.2 Å². The number of ether oxygens (including phenoxy) is 1. The summed E-state index contributed by atoms with van der Waals surface area (Å²) in [5.41, 5.74) is 0.346. The zero-order valence-electron chi connectivity index (χ0n) is 16.8. The minimum Gasteiger partial charge on any atom is -0.415 e. The Kier molecular flexibility index (Phi) is 12.0. The van der Waals surface area contributed by atoms with Crippen molar-refractivity contribution >= 4 is 13.6 Å². The zero-order chi connectivity index (χ0) is 20.0. The Labute approximate surface area is 163 Å². The van der Waals surface area contributed by atoms with Crippen LogP contribution in [-0.4, -0.2) is 20.2 Å². The molecule has 0 aromatic heterocycles. The molecule has 0 aliphatic rings. The van der Waals surface area contributed by atoms with E-state index in [1.165, 1.54) is 52.7 Å². The fraction of sp³-hybridized carbons (Fsp3) is 0.571. The van der Waals surface area contributed by atoms with Crippen molar-refractivity contribution in [1.82, 2.24) is 0 Å². The number of esters is 1. The van der Waals surface area contributed by atoms with E-state index < -0.39 is 13.6 Å². The third kappa shape index (κ3) is 8.87. The number of unbranched alkanes of at least 4 members (excludes halogenated alkanes) is 8. The lowest BCUT2D eigenvalue weighted by molar-refractivity contribution is 0.0631. The van der Waals surface area contributed by atoms with Gasteiger partial charge in [0.15, 0.2) is 0 Å². The van der Waals surface area contributed by atoms with Gasteiger partial charge >= 0.3 is 13.6 Å². The van der Waals surface area contributed by atoms with E-state index in [1.54, 1.807) is 30.3 Å². The highest BCUT2D eigenvalue weighted by molar-refractivity contribution is 7.58. The first-order chi connectivity index (χ1) is 13.1. The van der Waals surface area contributed by atoms with Crippen LogP contribution in [-0.2, 0) is 18.3 Å². The lowest BCUT2D eigenvalue weighted by Gasteiger charge is -2.17. The molecule has 0 N–H and O–H groups in total. The van der Waals surface area contributed by atoms with Gasteiger partial charge in [-0.25, -0.2) is 4.79 Å². The molecule has 27 heavy (non-hydrogen) atoms. The van der Waals surface area contributed by atoms with Crippen molar-refractivity contribution in [1.29, 1.82) is 0 Å². The molecule has 6 heteroatoms. The van der Waals surface area contributed by atoms with Crippen molar-refractivity contribution in [2.75, 3.05) is 14.2 Å². The van der Waals surface area contributed by atoms with Gasteiger partial charge in [-0.1, -0.05) is 70.1 Å². The van der Waals surface area contributed by atoms with Crippen LogP contribution in [0, 0.1) is 0 Å². The summed E-state index contributed by atoms with van der Waals surface area (Å²) in [5.74, 6) is -0.577. The Morgan fingerprint density at radius 3 is 2.04 bits per heavy atom. The zero-order valence-corrected chi connectivity index (χ0v) is 17.7. The summed E-state index contributed by atoms with van der Waals surface area (Å²) in [5, 5.41) is 0. The van der Waals surface area contributed by atoms with Crippen LogP contribution < -0.4 is 0 Å². The molecule has 1 aromatic rings. The lowest BCUT2D eigenvalue weighted by atomic mass is 10.1. The predicted octanol–water partition coefficient (Wildman–Crippen LogP) is 6.70. The number of benzene rings is 1. The third-order valence-corrected chi connectivity index (χ3v) is 6.11. The smallest absolute Gasteiger partial charge is 0.395 e. The second kappa shape index (κ2) is 13.7. The first kappa shape index (κ1) is 23.6. The molecule has 0 bridgehead atoms. The van der Waals surface area contributed by atoms with Crippen molar-refractivity contribution in [3.8, 4) is 0 Å². The topological polar surface area (TPSA) is 61.8 Å². The van der Waals surface area contributed by atoms with E-state index in [1.807, 2.05) is 6.07 Å². The van der Waals surface area contributed by atoms with Crippen LogP contribution in [0.4, 0.5) is 0 Å². The van der Waals surface area contributed by atoms with Crippen molar-refractivity contribution in [3.63, 3.8) is 0 Å². The van der Waals surface area contributed by atoms with Crippen LogP contribution in [0.2, 0.25) is 0 Å². The second-order valence-corrected chi connectivity index (χ2v) is 8.59. The minimum absolute atomic E-state index is 0.0377. The molecule has 0 atom stereocenters. The molecule has 0 aliphatic heterocycles. The fourth-order valence-corrected chi connectivity index (χ4v) is 3.75. The molecule has 0 radical (unpaired) electrons. The van der Waals surface area contributed by atoms with Crippen LogP contribution in [0.5, 0.6) is 0 Å². The van der Waals surface area contributed by atoms with Gasteiger partial charge in [-0.3, -0.25) is 4.57 Å². The summed E-state index contributed by atoms with van der Waals surface area (Å²) in [7, 11) is -1.06. The van der Waals surface area contributed by atoms with Crippen molar-refractivity contribution < 1.29 is 23.1 Å². The van der Waals surface area contributed by atoms with Gasteiger partial charge in [-0.05, 0) is 31.1 Å². The molecule has 0 heterocycles. The number of allylic oxidation sites excluding steroid dienone is 1. The molecular weight excluding hydrogens is 363 g/mol. The van der Waals surface area contributed by atoms with Gasteiger partial charge in [-0.2, -0.15) is 0 Å². The molecule has 0 saturated heterocycles. The lowest BCUT2D eigenvalue weighted by Crippen LogP contribution is -2.07. The summed E-state index contributed by atoms with van der Waals surface area (Å²) in [6, 6.07) is 8.58. The van der Waals surface area contributed by atoms with Crippen LogP contribution in [0.25, 0.3) is 0 Å². The highest BCUT2D eigenvalue weighted by atomic mass is 31.2. The first-order valence-corrected chi connectivity index (χ1v) is 11.3. The molecule has 0 spiro atoms. The molecule has 0 amide bonds. The molecule has 0 aliphatic carbocycles. The summed E-state index contributed by atoms with van der Waals surface area (Å²) >= 11 is 0. The maximum absolute atomic E-state index is 12.7. The number of rotatable bonds is 14. The fourth-order valence-electron chi connectivity index (χ4n) is 2.70. The first-order valence-electron chi connectivity index (χ1n) is 9.76. The molecule has 1 aromatic carbocycles. The molecular formula is C21H33O5P. The van der Waals surface area contributed by atoms with Crippen molar-refractivity contribution in [2.45, 2.75) is 64.7 Å². The van der Waals surface area contributed by atoms with E-state index >= 15 is 0 Å². The maximum atomic E-state index is 12.7. The Hall–Kier alpha value is -1.42. The van der Waals surface area contributed by atoms with Crippen LogP contribution >= 0.6 is 7.60 Å². The highest BCUT2D eigenvalue weighted by Crippen LogP contribution is 2.55. The molecule has 1 rings (SSSR count). The van der Waals surface area contributed by atoms with Gasteiger partial charge in [0.1, 0.15) is 0 Å². The molecule has 5 nitrogen and oxygen atoms in total. The number of hydrogen-bond acceptors (Lipinski definition) is 5. The van der Waals surface area contributed by atoms with E-state index in [-0.39, 0.29) is 5.50 Å². The third-order valence-electron chi connectivity index (χ3n) is 4.33. The Morgan fingerprint density at radius 2 is 1.48 bits per heavy atom. The van der Waals surface area contributed by atoms with Gasteiger partial charge in [0.25, 0.3) is 0 Å². The highest BCUT2D eigenvalue weighted by Gasteiger charge is 2.31. The molecule has 152 valence electrons. The maximum Gasteiger partial charge on any atom is 0.395 e. The monoisotopic (exact) mass is 396 g/mol. The SMILES string of the molecule is CCCCCCCCCC/C=C(/OC(=O)c1ccccc1)P(=O)(OC)OC. The van der Waals surface area contributed by atoms with Crippen LogP contribution in [0.3, 0.4) is 0 Å². The Balaban J connectivity index is 2.58. The quantitative estimate of drug-likeness (QED) is 0.151. The molecule has 0 saturated carbocycles. The van der Waals surface area contributed by atoms with E-state index in [0.717, 1.165) is 12.8 Å². The molecule has 0 fully saturated rings. The second-order valence-electron chi connectivity index (χ2n) is 6.42. The standard InChI is InChI=1S/C21H33O5P/c1-4-5-6-7-8-9-10-11-15-18-20(27(23,24-2)25-3)26-21(22)19-16-13-12-14-17-19/h12-14,16-18H,4-11,15H2,1-3H3/b20-18-. The number of hydrogen-bond donors (Lipinski definition) is 0. The van der Waals surface area contributed by atoms with Gasteiger partial charge < -0.3 is 13.8 Å². The Bertz CT molecular complexity index is 604. The Morgan fingerprint density at radius 1 is 0.926 bits per heavy atom. The van der Waals surface area contributed by atoms with Gasteiger partial charge in [0.2, 0.25) is 5.50 Å². The van der Waals surface area contributed by atoms with E-state index in [2.05, 4.69) is 6.92 Å². The van der Waals surface area contributed by atoms with Crippen LogP contribution in [0.1, 0.15) is 75.1 Å². The predicted molar refractivity (Wildman–Crippen MR) is 109 cm³/mol. The average Bonchev–Trinajstić information content (AvgIpc) is 2.71. The van der Waals surface area contributed by atoms with E-state index in [9.17, 15) is 9.36 Å².